The maximum atomic E-state index is 12.3. The lowest BCUT2D eigenvalue weighted by Gasteiger charge is -2.32. The summed E-state index contributed by atoms with van der Waals surface area (Å²) >= 11 is 5.88. The van der Waals surface area contributed by atoms with Crippen molar-refractivity contribution in [1.29, 1.82) is 0 Å². The smallest absolute Gasteiger partial charge is 0.303 e. The topological polar surface area (TPSA) is 69.6 Å². The fourth-order valence-electron chi connectivity index (χ4n) is 3.18. The van der Waals surface area contributed by atoms with Crippen molar-refractivity contribution in [2.24, 2.45) is 5.92 Å². The van der Waals surface area contributed by atoms with E-state index < -0.39 is 5.97 Å². The number of nitrogens with zero attached hydrogens (tertiary/aromatic N) is 1. The summed E-state index contributed by atoms with van der Waals surface area (Å²) < 4.78 is 0. The second kappa shape index (κ2) is 9.04. The Morgan fingerprint density at radius 1 is 1.38 bits per heavy atom. The Morgan fingerprint density at radius 3 is 2.75 bits per heavy atom. The Labute approximate surface area is 148 Å². The molecule has 24 heavy (non-hydrogen) atoms. The molecule has 1 saturated heterocycles. The van der Waals surface area contributed by atoms with Gasteiger partial charge < -0.3 is 10.4 Å². The highest BCUT2D eigenvalue weighted by atomic mass is 35.5. The Morgan fingerprint density at radius 2 is 2.08 bits per heavy atom. The number of carboxylic acid groups (broad SMARTS) is 1. The monoisotopic (exact) mass is 352 g/mol. The summed E-state index contributed by atoms with van der Waals surface area (Å²) in [6.07, 6.45) is 2.96. The SMILES string of the molecule is CC(NC(=O)CN1CCCC(CCC(=O)O)C1)c1ccc(Cl)cc1. The summed E-state index contributed by atoms with van der Waals surface area (Å²) in [5, 5.41) is 12.5. The van der Waals surface area contributed by atoms with Crippen molar-refractivity contribution >= 4 is 23.5 Å². The standard InChI is InChI=1S/C18H25ClN2O3/c1-13(15-5-7-16(19)8-6-15)20-17(22)12-21-10-2-3-14(11-21)4-9-18(23)24/h5-8,13-14H,2-4,9-12H2,1H3,(H,20,22)(H,23,24). The van der Waals surface area contributed by atoms with Crippen LogP contribution < -0.4 is 5.32 Å². The molecule has 1 fully saturated rings. The molecule has 1 aromatic rings. The van der Waals surface area contributed by atoms with Gasteiger partial charge in [-0.05, 0) is 56.3 Å². The number of nitrogens with one attached hydrogen (secondary N) is 1. The van der Waals surface area contributed by atoms with Gasteiger partial charge in [-0.3, -0.25) is 14.5 Å². The first kappa shape index (κ1) is 18.7. The molecule has 2 atom stereocenters. The third-order valence-electron chi connectivity index (χ3n) is 4.48. The first-order chi connectivity index (χ1) is 11.4. The van der Waals surface area contributed by atoms with Crippen LogP contribution in [0.15, 0.2) is 24.3 Å². The van der Waals surface area contributed by atoms with Crippen LogP contribution in [0, 0.1) is 5.92 Å². The number of carboxylic acids is 1. The molecule has 0 aliphatic carbocycles. The molecule has 5 nitrogen and oxygen atoms in total. The van der Waals surface area contributed by atoms with Gasteiger partial charge in [0.1, 0.15) is 0 Å². The molecule has 0 spiro atoms. The molecule has 0 bridgehead atoms. The summed E-state index contributed by atoms with van der Waals surface area (Å²) in [4.78, 5) is 25.1. The number of halogens is 1. The third kappa shape index (κ3) is 6.13. The quantitative estimate of drug-likeness (QED) is 0.791. The fraction of sp³-hybridized carbons (Fsp3) is 0.556. The summed E-state index contributed by atoms with van der Waals surface area (Å²) in [5.74, 6) is -0.380. The number of hydrogen-bond donors (Lipinski definition) is 2. The van der Waals surface area contributed by atoms with Gasteiger partial charge in [0.2, 0.25) is 5.91 Å². The Bertz CT molecular complexity index is 562. The van der Waals surface area contributed by atoms with E-state index in [1.54, 1.807) is 0 Å². The molecule has 6 heteroatoms. The number of carbonyl (C=O) groups is 2. The van der Waals surface area contributed by atoms with E-state index in [2.05, 4.69) is 10.2 Å². The molecule has 1 aliphatic heterocycles. The Kier molecular flexibility index (Phi) is 7.06. The van der Waals surface area contributed by atoms with Crippen LogP contribution in [0.1, 0.15) is 44.2 Å². The van der Waals surface area contributed by atoms with Crippen LogP contribution in [0.25, 0.3) is 0 Å². The third-order valence-corrected chi connectivity index (χ3v) is 4.74. The zero-order chi connectivity index (χ0) is 17.5. The van der Waals surface area contributed by atoms with Crippen LogP contribution in [0.4, 0.5) is 0 Å². The molecule has 1 aliphatic rings. The maximum Gasteiger partial charge on any atom is 0.303 e. The lowest BCUT2D eigenvalue weighted by atomic mass is 9.93. The van der Waals surface area contributed by atoms with Gasteiger partial charge in [0, 0.05) is 18.0 Å². The number of amides is 1. The van der Waals surface area contributed by atoms with Gasteiger partial charge in [0.25, 0.3) is 0 Å². The van der Waals surface area contributed by atoms with E-state index in [9.17, 15) is 9.59 Å². The minimum atomic E-state index is -0.748. The van der Waals surface area contributed by atoms with E-state index in [0.29, 0.717) is 23.9 Å². The highest BCUT2D eigenvalue weighted by molar-refractivity contribution is 6.30. The molecular weight excluding hydrogens is 328 g/mol. The molecule has 0 aromatic heterocycles. The van der Waals surface area contributed by atoms with E-state index in [-0.39, 0.29) is 18.4 Å². The van der Waals surface area contributed by atoms with Gasteiger partial charge in [-0.15, -0.1) is 0 Å². The molecule has 2 N–H and O–H groups in total. The maximum absolute atomic E-state index is 12.3. The molecule has 1 aromatic carbocycles. The number of likely N-dealkylation sites (tertiary alicyclic amines) is 1. The fourth-order valence-corrected chi connectivity index (χ4v) is 3.31. The summed E-state index contributed by atoms with van der Waals surface area (Å²) in [7, 11) is 0. The first-order valence-electron chi connectivity index (χ1n) is 8.43. The largest absolute Gasteiger partial charge is 0.481 e. The van der Waals surface area contributed by atoms with Crippen molar-refractivity contribution < 1.29 is 14.7 Å². The van der Waals surface area contributed by atoms with Crippen molar-refractivity contribution in [2.45, 2.75) is 38.6 Å². The average Bonchev–Trinajstić information content (AvgIpc) is 2.53. The van der Waals surface area contributed by atoms with E-state index in [0.717, 1.165) is 31.5 Å². The van der Waals surface area contributed by atoms with Crippen LogP contribution in [-0.4, -0.2) is 41.5 Å². The van der Waals surface area contributed by atoms with Gasteiger partial charge in [0.15, 0.2) is 0 Å². The lowest BCUT2D eigenvalue weighted by molar-refractivity contribution is -0.137. The van der Waals surface area contributed by atoms with Crippen molar-refractivity contribution in [2.75, 3.05) is 19.6 Å². The lowest BCUT2D eigenvalue weighted by Crippen LogP contribution is -2.43. The van der Waals surface area contributed by atoms with Crippen molar-refractivity contribution in [1.82, 2.24) is 10.2 Å². The normalized spacial score (nSPS) is 19.7. The van der Waals surface area contributed by atoms with Gasteiger partial charge in [0.05, 0.1) is 12.6 Å². The molecule has 1 heterocycles. The van der Waals surface area contributed by atoms with Gasteiger partial charge in [-0.25, -0.2) is 0 Å². The van der Waals surface area contributed by atoms with Crippen LogP contribution in [0.2, 0.25) is 5.02 Å². The van der Waals surface area contributed by atoms with Crippen LogP contribution in [0.3, 0.4) is 0 Å². The average molecular weight is 353 g/mol. The predicted molar refractivity (Wildman–Crippen MR) is 94.0 cm³/mol. The van der Waals surface area contributed by atoms with Crippen LogP contribution >= 0.6 is 11.6 Å². The molecule has 2 rings (SSSR count). The second-order valence-electron chi connectivity index (χ2n) is 6.52. The summed E-state index contributed by atoms with van der Waals surface area (Å²) in [6.45, 7) is 4.01. The summed E-state index contributed by atoms with van der Waals surface area (Å²) in [6, 6.07) is 7.39. The number of benzene rings is 1. The van der Waals surface area contributed by atoms with Crippen molar-refractivity contribution in [3.63, 3.8) is 0 Å². The van der Waals surface area contributed by atoms with Gasteiger partial charge >= 0.3 is 5.97 Å². The zero-order valence-corrected chi connectivity index (χ0v) is 14.8. The van der Waals surface area contributed by atoms with E-state index in [1.165, 1.54) is 0 Å². The van der Waals surface area contributed by atoms with E-state index in [1.807, 2.05) is 31.2 Å². The Balaban J connectivity index is 1.78. The Hall–Kier alpha value is -1.59. The summed E-state index contributed by atoms with van der Waals surface area (Å²) in [5.41, 5.74) is 1.02. The van der Waals surface area contributed by atoms with Crippen molar-refractivity contribution in [3.05, 3.63) is 34.9 Å². The molecule has 132 valence electrons. The number of rotatable bonds is 7. The molecule has 0 radical (unpaired) electrons. The molecule has 1 amide bonds. The van der Waals surface area contributed by atoms with Crippen molar-refractivity contribution in [3.8, 4) is 0 Å². The number of hydrogen-bond acceptors (Lipinski definition) is 3. The van der Waals surface area contributed by atoms with Gasteiger partial charge in [-0.2, -0.15) is 0 Å². The number of carbonyl (C=O) groups excluding carboxylic acids is 1. The van der Waals surface area contributed by atoms with E-state index >= 15 is 0 Å². The van der Waals surface area contributed by atoms with Crippen LogP contribution in [0.5, 0.6) is 0 Å². The molecule has 2 unspecified atom stereocenters. The number of aliphatic carboxylic acids is 1. The van der Waals surface area contributed by atoms with E-state index in [4.69, 9.17) is 16.7 Å². The minimum absolute atomic E-state index is 0.00339. The highest BCUT2D eigenvalue weighted by Crippen LogP contribution is 2.21. The number of piperidine rings is 1. The zero-order valence-electron chi connectivity index (χ0n) is 14.0. The first-order valence-corrected chi connectivity index (χ1v) is 8.81. The minimum Gasteiger partial charge on any atom is -0.481 e. The predicted octanol–water partition coefficient (Wildman–Crippen LogP) is 3.09. The highest BCUT2D eigenvalue weighted by Gasteiger charge is 2.22. The molecule has 0 saturated carbocycles. The van der Waals surface area contributed by atoms with Crippen LogP contribution in [-0.2, 0) is 9.59 Å². The second-order valence-corrected chi connectivity index (χ2v) is 6.95. The van der Waals surface area contributed by atoms with Gasteiger partial charge in [-0.1, -0.05) is 23.7 Å². The molecular formula is C18H25ClN2O3.